The van der Waals surface area contributed by atoms with Crippen molar-refractivity contribution in [2.24, 2.45) is 4.99 Å². The third kappa shape index (κ3) is 4.40. The van der Waals surface area contributed by atoms with Gasteiger partial charge < -0.3 is 14.5 Å². The molecule has 29 heavy (non-hydrogen) atoms. The van der Waals surface area contributed by atoms with E-state index in [1.54, 1.807) is 0 Å². The maximum absolute atomic E-state index is 12.5. The number of hydrogen-bond acceptors (Lipinski definition) is 8. The van der Waals surface area contributed by atoms with Crippen LogP contribution in [0.4, 0.5) is 5.69 Å². The number of nitrogens with zero attached hydrogens (tertiary/aromatic N) is 3. The van der Waals surface area contributed by atoms with Crippen LogP contribution in [0.15, 0.2) is 40.3 Å². The molecule has 1 aromatic rings. The number of non-ortho nitro benzene ring substituents is 1. The number of hydrogen-bond donors (Lipinski definition) is 2. The van der Waals surface area contributed by atoms with Crippen LogP contribution in [0.3, 0.4) is 0 Å². The van der Waals surface area contributed by atoms with Crippen molar-refractivity contribution in [1.82, 2.24) is 4.90 Å². The largest absolute Gasteiger partial charge is 0.461 e. The van der Waals surface area contributed by atoms with Gasteiger partial charge in [-0.2, -0.15) is 0 Å². The molecule has 0 aromatic heterocycles. The lowest BCUT2D eigenvalue weighted by Gasteiger charge is -2.48. The van der Waals surface area contributed by atoms with Gasteiger partial charge in [-0.25, -0.2) is 0 Å². The molecule has 1 amide bonds. The van der Waals surface area contributed by atoms with Crippen LogP contribution in [0.2, 0.25) is 0 Å². The monoisotopic (exact) mass is 441 g/mol. The van der Waals surface area contributed by atoms with Crippen molar-refractivity contribution in [2.45, 2.75) is 18.3 Å². The molecule has 1 saturated heterocycles. The Labute approximate surface area is 168 Å². The second-order valence-corrected chi connectivity index (χ2v) is 8.85. The molecule has 2 N–H and O–H groups in total. The first-order valence-electron chi connectivity index (χ1n) is 8.23. The van der Waals surface area contributed by atoms with E-state index in [-0.39, 0.29) is 23.6 Å². The second kappa shape index (κ2) is 8.07. The molecular weight excluding hydrogens is 425 g/mol. The van der Waals surface area contributed by atoms with Gasteiger partial charge in [-0.3, -0.25) is 34.2 Å². The number of carbonyl (C=O) groups excluding carboxylic acids is 2. The second-order valence-electron chi connectivity index (χ2n) is 6.23. The Bertz CT molecular complexity index is 971. The molecule has 154 valence electrons. The molecular formula is C16H16N3O8PS. The minimum absolute atomic E-state index is 0.0763. The van der Waals surface area contributed by atoms with Gasteiger partial charge in [0.05, 0.1) is 4.92 Å². The summed E-state index contributed by atoms with van der Waals surface area (Å²) in [4.78, 5) is 58.3. The molecule has 0 spiro atoms. The van der Waals surface area contributed by atoms with Crippen molar-refractivity contribution < 1.29 is 33.6 Å². The molecule has 0 aliphatic carbocycles. The number of β-lactam (4-membered cyclic amide) rings is 1. The fourth-order valence-corrected chi connectivity index (χ4v) is 5.45. The molecule has 2 atom stereocenters. The Kier molecular flexibility index (Phi) is 5.90. The molecule has 2 aliphatic rings. The van der Waals surface area contributed by atoms with E-state index in [0.29, 0.717) is 5.56 Å². The number of ether oxygens (including phenoxy) is 1. The number of benzene rings is 1. The molecule has 13 heteroatoms. The highest BCUT2D eigenvalue weighted by atomic mass is 32.2. The van der Waals surface area contributed by atoms with Gasteiger partial charge in [0.1, 0.15) is 17.4 Å². The van der Waals surface area contributed by atoms with Crippen LogP contribution in [0.25, 0.3) is 0 Å². The minimum Gasteiger partial charge on any atom is -0.461 e. The van der Waals surface area contributed by atoms with Crippen LogP contribution in [0, 0.1) is 10.1 Å². The third-order valence-electron chi connectivity index (χ3n) is 4.20. The van der Waals surface area contributed by atoms with Gasteiger partial charge in [0.25, 0.3) is 11.6 Å². The molecule has 2 aliphatic heterocycles. The van der Waals surface area contributed by atoms with Crippen LogP contribution in [0.5, 0.6) is 0 Å². The van der Waals surface area contributed by atoms with E-state index < -0.39 is 41.2 Å². The van der Waals surface area contributed by atoms with Crippen LogP contribution in [-0.4, -0.2) is 61.5 Å². The van der Waals surface area contributed by atoms with E-state index >= 15 is 0 Å². The minimum atomic E-state index is -4.79. The summed E-state index contributed by atoms with van der Waals surface area (Å²) in [5.74, 6) is -1.01. The van der Waals surface area contributed by atoms with Crippen molar-refractivity contribution in [1.29, 1.82) is 0 Å². The number of nitro benzene ring substituents is 1. The normalized spacial score (nSPS) is 21.8. The number of esters is 1. The topological polar surface area (TPSA) is 160 Å². The maximum atomic E-state index is 12.5. The molecule has 0 radical (unpaired) electrons. The van der Waals surface area contributed by atoms with Crippen molar-refractivity contribution in [3.05, 3.63) is 51.0 Å². The number of aliphatic imine (C=N–C) groups is 1. The van der Waals surface area contributed by atoms with E-state index in [2.05, 4.69) is 4.99 Å². The summed E-state index contributed by atoms with van der Waals surface area (Å²) < 4.78 is 16.8. The standard InChI is InChI=1S/C16H16N3O8PS/c1-9(20)27-7-11-8-29-16-13(14(21)18(16)15(11)28(24,25)26)17-6-10-2-4-12(5-3-10)19(22)23/h2-6,13,16H,7-8H2,1H3,(H2,24,25,26)/t13-,16+/m1/s1. The lowest BCUT2D eigenvalue weighted by atomic mass is 10.1. The molecule has 0 bridgehead atoms. The van der Waals surface area contributed by atoms with Gasteiger partial charge in [0.2, 0.25) is 0 Å². The maximum Gasteiger partial charge on any atom is 0.372 e. The number of nitro groups is 1. The quantitative estimate of drug-likeness (QED) is 0.165. The van der Waals surface area contributed by atoms with Gasteiger partial charge >= 0.3 is 13.6 Å². The van der Waals surface area contributed by atoms with Crippen molar-refractivity contribution in [3.8, 4) is 0 Å². The lowest BCUT2D eigenvalue weighted by Crippen LogP contribution is -2.63. The smallest absolute Gasteiger partial charge is 0.372 e. The highest BCUT2D eigenvalue weighted by Crippen LogP contribution is 2.56. The zero-order valence-corrected chi connectivity index (χ0v) is 16.7. The highest BCUT2D eigenvalue weighted by Gasteiger charge is 2.55. The van der Waals surface area contributed by atoms with E-state index in [4.69, 9.17) is 4.74 Å². The summed E-state index contributed by atoms with van der Waals surface area (Å²) in [7, 11) is -4.79. The SMILES string of the molecule is CC(=O)OCC1=C(P(=O)(O)O)N2C(=O)[C@@H](N=Cc3ccc([N+](=O)[O-])cc3)[C@@H]2SC1. The lowest BCUT2D eigenvalue weighted by molar-refractivity contribution is -0.384. The number of fused-ring (bicyclic) bond motifs is 1. The van der Waals surface area contributed by atoms with Crippen molar-refractivity contribution >= 4 is 43.1 Å². The summed E-state index contributed by atoms with van der Waals surface area (Å²) in [6.07, 6.45) is 1.39. The van der Waals surface area contributed by atoms with Crippen LogP contribution >= 0.6 is 19.4 Å². The Morgan fingerprint density at radius 3 is 2.66 bits per heavy atom. The Morgan fingerprint density at radius 1 is 1.45 bits per heavy atom. The predicted molar refractivity (Wildman–Crippen MR) is 103 cm³/mol. The number of carbonyl (C=O) groups is 2. The predicted octanol–water partition coefficient (Wildman–Crippen LogP) is 1.25. The zero-order chi connectivity index (χ0) is 21.3. The van der Waals surface area contributed by atoms with E-state index in [1.165, 1.54) is 49.2 Å². The molecule has 1 fully saturated rings. The molecule has 0 unspecified atom stereocenters. The van der Waals surface area contributed by atoms with Crippen LogP contribution in [0.1, 0.15) is 12.5 Å². The molecule has 1 aromatic carbocycles. The summed E-state index contributed by atoms with van der Waals surface area (Å²) in [6, 6.07) is 4.74. The number of amides is 1. The summed E-state index contributed by atoms with van der Waals surface area (Å²) in [5, 5.41) is 10.1. The average molecular weight is 441 g/mol. The van der Waals surface area contributed by atoms with Gasteiger partial charge in [-0.05, 0) is 17.7 Å². The first-order chi connectivity index (χ1) is 13.6. The Hall–Kier alpha value is -2.53. The van der Waals surface area contributed by atoms with Gasteiger partial charge in [0, 0.05) is 36.6 Å². The summed E-state index contributed by atoms with van der Waals surface area (Å²) >= 11 is 1.26. The van der Waals surface area contributed by atoms with Gasteiger partial charge in [0.15, 0.2) is 6.04 Å². The fourth-order valence-electron chi connectivity index (χ4n) is 2.89. The highest BCUT2D eigenvalue weighted by molar-refractivity contribution is 8.00. The van der Waals surface area contributed by atoms with Crippen molar-refractivity contribution in [3.63, 3.8) is 0 Å². The molecule has 11 nitrogen and oxygen atoms in total. The van der Waals surface area contributed by atoms with E-state index in [9.17, 15) is 34.1 Å². The summed E-state index contributed by atoms with van der Waals surface area (Å²) in [6.45, 7) is 0.865. The average Bonchev–Trinajstić information content (AvgIpc) is 2.65. The van der Waals surface area contributed by atoms with Crippen LogP contribution < -0.4 is 0 Å². The third-order valence-corrected chi connectivity index (χ3v) is 6.61. The molecule has 0 saturated carbocycles. The van der Waals surface area contributed by atoms with Gasteiger partial charge in [-0.1, -0.05) is 0 Å². The van der Waals surface area contributed by atoms with E-state index in [1.807, 2.05) is 0 Å². The zero-order valence-electron chi connectivity index (χ0n) is 15.0. The fraction of sp³-hybridized carbons (Fsp3) is 0.312. The summed E-state index contributed by atoms with van der Waals surface area (Å²) in [5.41, 5.74) is 0.215. The van der Waals surface area contributed by atoms with Crippen molar-refractivity contribution in [2.75, 3.05) is 12.4 Å². The number of thioether (sulfide) groups is 1. The Morgan fingerprint density at radius 2 is 2.10 bits per heavy atom. The first-order valence-corrected chi connectivity index (χ1v) is 10.9. The first kappa shape index (κ1) is 21.2. The molecule has 2 heterocycles. The van der Waals surface area contributed by atoms with Crippen LogP contribution in [-0.2, 0) is 18.9 Å². The number of rotatable bonds is 6. The van der Waals surface area contributed by atoms with Gasteiger partial charge in [-0.15, -0.1) is 11.8 Å². The molecule has 3 rings (SSSR count). The Balaban J connectivity index is 1.79. The van der Waals surface area contributed by atoms with E-state index in [0.717, 1.165) is 4.90 Å².